The van der Waals surface area contributed by atoms with Crippen molar-refractivity contribution in [2.24, 2.45) is 0 Å². The third-order valence-corrected chi connectivity index (χ3v) is 2.41. The van der Waals surface area contributed by atoms with E-state index in [0.29, 0.717) is 6.61 Å². The van der Waals surface area contributed by atoms with E-state index >= 15 is 0 Å². The average Bonchev–Trinajstić information content (AvgIpc) is 2.10. The van der Waals surface area contributed by atoms with Crippen molar-refractivity contribution in [2.75, 3.05) is 44.9 Å². The summed E-state index contributed by atoms with van der Waals surface area (Å²) in [6.45, 7) is 3.05. The molecule has 12 heavy (non-hydrogen) atoms. The third-order valence-electron chi connectivity index (χ3n) is 1.36. The molecule has 0 heterocycles. The van der Waals surface area contributed by atoms with E-state index in [1.165, 1.54) is 0 Å². The lowest BCUT2D eigenvalue weighted by Gasteiger charge is -2.02. The number of aliphatic hydroxyl groups is 1. The molecule has 0 unspecified atom stereocenters. The Morgan fingerprint density at radius 3 is 2.83 bits per heavy atom. The van der Waals surface area contributed by atoms with Crippen LogP contribution in [0.5, 0.6) is 0 Å². The summed E-state index contributed by atoms with van der Waals surface area (Å²) >= 11 is 1.80. The Kier molecular flexibility index (Phi) is 11.4. The minimum Gasteiger partial charge on any atom is -0.396 e. The Balaban J connectivity index is 2.73. The lowest BCUT2D eigenvalue weighted by molar-refractivity contribution is 0.199. The van der Waals surface area contributed by atoms with Gasteiger partial charge in [-0.25, -0.2) is 0 Å². The number of hydrogen-bond donors (Lipinski definition) is 2. The van der Waals surface area contributed by atoms with Crippen LogP contribution in [0.25, 0.3) is 0 Å². The van der Waals surface area contributed by atoms with E-state index in [9.17, 15) is 0 Å². The maximum absolute atomic E-state index is 8.49. The summed E-state index contributed by atoms with van der Waals surface area (Å²) in [5.74, 6) is 1.98. The Labute approximate surface area is 78.9 Å². The molecule has 0 amide bonds. The van der Waals surface area contributed by atoms with Gasteiger partial charge in [-0.05, 0) is 18.7 Å². The highest BCUT2D eigenvalue weighted by atomic mass is 32.2. The van der Waals surface area contributed by atoms with Crippen LogP contribution in [0.4, 0.5) is 0 Å². The molecule has 3 nitrogen and oxygen atoms in total. The smallest absolute Gasteiger partial charge is 0.0587 e. The molecule has 0 aromatic heterocycles. The predicted molar refractivity (Wildman–Crippen MR) is 53.8 cm³/mol. The second-order valence-corrected chi connectivity index (χ2v) is 3.66. The molecule has 0 atom stereocenters. The Morgan fingerprint density at radius 2 is 2.17 bits per heavy atom. The summed E-state index contributed by atoms with van der Waals surface area (Å²) in [4.78, 5) is 0. The van der Waals surface area contributed by atoms with Crippen molar-refractivity contribution in [2.45, 2.75) is 6.42 Å². The summed E-state index contributed by atoms with van der Waals surface area (Å²) in [6, 6.07) is 0. The Bertz CT molecular complexity index is 73.5. The van der Waals surface area contributed by atoms with Crippen LogP contribution in [-0.4, -0.2) is 50.0 Å². The first-order chi connectivity index (χ1) is 5.91. The molecule has 0 aliphatic heterocycles. The van der Waals surface area contributed by atoms with E-state index in [2.05, 4.69) is 5.32 Å². The van der Waals surface area contributed by atoms with E-state index in [-0.39, 0.29) is 0 Å². The number of nitrogens with one attached hydrogen (secondary N) is 1. The molecule has 4 heteroatoms. The van der Waals surface area contributed by atoms with Gasteiger partial charge in [0, 0.05) is 19.4 Å². The zero-order valence-corrected chi connectivity index (χ0v) is 8.53. The van der Waals surface area contributed by atoms with Crippen LogP contribution < -0.4 is 5.32 Å². The zero-order valence-electron chi connectivity index (χ0n) is 7.71. The summed E-state index contributed by atoms with van der Waals surface area (Å²) < 4.78 is 4.89. The Hall–Kier alpha value is 0.230. The van der Waals surface area contributed by atoms with Gasteiger partial charge in [-0.3, -0.25) is 0 Å². The monoisotopic (exact) mass is 193 g/mol. The highest BCUT2D eigenvalue weighted by Gasteiger charge is 1.89. The van der Waals surface area contributed by atoms with E-state index in [4.69, 9.17) is 9.84 Å². The van der Waals surface area contributed by atoms with Gasteiger partial charge in [-0.15, -0.1) is 0 Å². The van der Waals surface area contributed by atoms with Gasteiger partial charge in [0.1, 0.15) is 0 Å². The van der Waals surface area contributed by atoms with Crippen LogP contribution in [0.3, 0.4) is 0 Å². The van der Waals surface area contributed by atoms with Crippen molar-refractivity contribution in [3.63, 3.8) is 0 Å². The summed E-state index contributed by atoms with van der Waals surface area (Å²) in [5.41, 5.74) is 0. The molecule has 74 valence electrons. The van der Waals surface area contributed by atoms with Crippen LogP contribution in [-0.2, 0) is 4.74 Å². The third kappa shape index (κ3) is 10.2. The quantitative estimate of drug-likeness (QED) is 0.518. The minimum absolute atomic E-state index is 0.293. The van der Waals surface area contributed by atoms with Gasteiger partial charge in [0.05, 0.1) is 13.2 Å². The van der Waals surface area contributed by atoms with Gasteiger partial charge in [-0.2, -0.15) is 11.8 Å². The Morgan fingerprint density at radius 1 is 1.33 bits per heavy atom. The number of thioether (sulfide) groups is 1. The van der Waals surface area contributed by atoms with Gasteiger partial charge in [0.2, 0.25) is 0 Å². The van der Waals surface area contributed by atoms with Crippen molar-refractivity contribution < 1.29 is 9.84 Å². The molecule has 0 saturated carbocycles. The van der Waals surface area contributed by atoms with E-state index in [1.807, 2.05) is 0 Å². The first kappa shape index (κ1) is 12.2. The van der Waals surface area contributed by atoms with Crippen LogP contribution in [0.15, 0.2) is 0 Å². The van der Waals surface area contributed by atoms with Crippen molar-refractivity contribution >= 4 is 11.8 Å². The molecule has 0 saturated heterocycles. The largest absolute Gasteiger partial charge is 0.396 e. The number of hydrogen-bond acceptors (Lipinski definition) is 4. The predicted octanol–water partition coefficient (Wildman–Crippen LogP) is 0.338. The SMILES string of the molecule is COCCNCCCSCCO. The maximum atomic E-state index is 8.49. The number of methoxy groups -OCH3 is 1. The number of ether oxygens (including phenoxy) is 1. The molecular weight excluding hydrogens is 174 g/mol. The molecule has 0 rings (SSSR count). The van der Waals surface area contributed by atoms with Crippen LogP contribution >= 0.6 is 11.8 Å². The highest BCUT2D eigenvalue weighted by molar-refractivity contribution is 7.99. The molecule has 0 aliphatic carbocycles. The maximum Gasteiger partial charge on any atom is 0.0587 e. The van der Waals surface area contributed by atoms with Gasteiger partial charge < -0.3 is 15.2 Å². The highest BCUT2D eigenvalue weighted by Crippen LogP contribution is 1.99. The number of rotatable bonds is 9. The first-order valence-corrected chi connectivity index (χ1v) is 5.45. The molecule has 0 spiro atoms. The fourth-order valence-electron chi connectivity index (χ4n) is 0.765. The summed E-state index contributed by atoms with van der Waals surface area (Å²) in [7, 11) is 1.71. The van der Waals surface area contributed by atoms with Crippen molar-refractivity contribution in [3.05, 3.63) is 0 Å². The molecule has 0 aliphatic rings. The fraction of sp³-hybridized carbons (Fsp3) is 1.00. The van der Waals surface area contributed by atoms with Crippen molar-refractivity contribution in [1.82, 2.24) is 5.32 Å². The molecule has 2 N–H and O–H groups in total. The first-order valence-electron chi connectivity index (χ1n) is 4.30. The molecule has 0 aromatic carbocycles. The number of aliphatic hydroxyl groups excluding tert-OH is 1. The standard InChI is InChI=1S/C8H19NO2S/c1-11-6-4-9-3-2-7-12-8-5-10/h9-10H,2-8H2,1H3. The zero-order chi connectivity index (χ0) is 9.07. The normalized spacial score (nSPS) is 10.5. The molecule has 0 fully saturated rings. The molecule has 0 aromatic rings. The van der Waals surface area contributed by atoms with Crippen LogP contribution in [0, 0.1) is 0 Å². The molecule has 0 bridgehead atoms. The average molecular weight is 193 g/mol. The van der Waals surface area contributed by atoms with Gasteiger partial charge in [0.25, 0.3) is 0 Å². The fourth-order valence-corrected chi connectivity index (χ4v) is 1.45. The molecule has 0 radical (unpaired) electrons. The second kappa shape index (κ2) is 11.2. The summed E-state index contributed by atoms with van der Waals surface area (Å²) in [6.07, 6.45) is 1.16. The van der Waals surface area contributed by atoms with E-state index < -0.39 is 0 Å². The van der Waals surface area contributed by atoms with E-state index in [1.54, 1.807) is 18.9 Å². The van der Waals surface area contributed by atoms with Gasteiger partial charge >= 0.3 is 0 Å². The second-order valence-electron chi connectivity index (χ2n) is 2.43. The lowest BCUT2D eigenvalue weighted by Crippen LogP contribution is -2.20. The lowest BCUT2D eigenvalue weighted by atomic mass is 10.5. The van der Waals surface area contributed by atoms with Crippen molar-refractivity contribution in [3.8, 4) is 0 Å². The minimum atomic E-state index is 0.293. The van der Waals surface area contributed by atoms with Gasteiger partial charge in [-0.1, -0.05) is 0 Å². The summed E-state index contributed by atoms with van der Waals surface area (Å²) in [5, 5.41) is 11.7. The van der Waals surface area contributed by atoms with Crippen LogP contribution in [0.2, 0.25) is 0 Å². The molecular formula is C8H19NO2S. The van der Waals surface area contributed by atoms with Crippen molar-refractivity contribution in [1.29, 1.82) is 0 Å². The van der Waals surface area contributed by atoms with E-state index in [0.717, 1.165) is 37.6 Å². The topological polar surface area (TPSA) is 41.5 Å². The van der Waals surface area contributed by atoms with Crippen LogP contribution in [0.1, 0.15) is 6.42 Å². The van der Waals surface area contributed by atoms with Gasteiger partial charge in [0.15, 0.2) is 0 Å².